The summed E-state index contributed by atoms with van der Waals surface area (Å²) >= 11 is 0. The molecule has 2 nitrogen and oxygen atoms in total. The first kappa shape index (κ1) is 6.71. The average molecular weight is 144 g/mol. The van der Waals surface area contributed by atoms with E-state index in [2.05, 4.69) is 0 Å². The zero-order valence-electron chi connectivity index (χ0n) is 4.86. The van der Waals surface area contributed by atoms with E-state index in [0.29, 0.717) is 6.42 Å². The van der Waals surface area contributed by atoms with Gasteiger partial charge in [-0.05, 0) is 12.5 Å². The lowest BCUT2D eigenvalue weighted by atomic mass is 10.2. The summed E-state index contributed by atoms with van der Waals surface area (Å²) in [6, 6.07) is 0. The fourth-order valence-corrected chi connectivity index (χ4v) is 1.31. The van der Waals surface area contributed by atoms with Crippen LogP contribution in [-0.2, 0) is 10.8 Å². The summed E-state index contributed by atoms with van der Waals surface area (Å²) in [5.41, 5.74) is 0. The number of aliphatic hydroxyl groups is 1. The second kappa shape index (κ2) is 2.94. The van der Waals surface area contributed by atoms with E-state index in [9.17, 15) is 4.21 Å². The Bertz CT molecular complexity index is 172. The van der Waals surface area contributed by atoms with E-state index in [0.717, 1.165) is 0 Å². The highest BCUT2D eigenvalue weighted by Gasteiger charge is 1.99. The SMILES string of the molecule is O=S1C=CCC(O)C=C1. The smallest absolute Gasteiger partial charge is 0.0764 e. The Balaban J connectivity index is 2.69. The van der Waals surface area contributed by atoms with Crippen LogP contribution in [0.1, 0.15) is 6.42 Å². The predicted molar refractivity (Wildman–Crippen MR) is 37.0 cm³/mol. The number of aliphatic hydroxyl groups excluding tert-OH is 1. The van der Waals surface area contributed by atoms with Gasteiger partial charge in [-0.25, -0.2) is 0 Å². The van der Waals surface area contributed by atoms with Gasteiger partial charge in [0.05, 0.1) is 16.9 Å². The van der Waals surface area contributed by atoms with Gasteiger partial charge in [-0.1, -0.05) is 6.08 Å². The molecule has 0 spiro atoms. The molecule has 0 aliphatic carbocycles. The van der Waals surface area contributed by atoms with Gasteiger partial charge in [-0.2, -0.15) is 0 Å². The summed E-state index contributed by atoms with van der Waals surface area (Å²) in [4.78, 5) is 0. The van der Waals surface area contributed by atoms with Gasteiger partial charge >= 0.3 is 0 Å². The lowest BCUT2D eigenvalue weighted by Gasteiger charge is -1.94. The van der Waals surface area contributed by atoms with E-state index in [1.807, 2.05) is 0 Å². The van der Waals surface area contributed by atoms with Crippen LogP contribution in [0.3, 0.4) is 0 Å². The molecule has 0 saturated heterocycles. The minimum atomic E-state index is -0.999. The molecule has 0 aromatic carbocycles. The molecule has 0 aromatic rings. The molecule has 0 aromatic heterocycles. The maximum absolute atomic E-state index is 10.7. The molecule has 9 heavy (non-hydrogen) atoms. The Morgan fingerprint density at radius 3 is 3.11 bits per heavy atom. The average Bonchev–Trinajstić information content (AvgIpc) is 1.97. The first-order valence-corrected chi connectivity index (χ1v) is 3.99. The van der Waals surface area contributed by atoms with Gasteiger partial charge in [0, 0.05) is 10.8 Å². The van der Waals surface area contributed by atoms with Gasteiger partial charge < -0.3 is 5.11 Å². The zero-order valence-corrected chi connectivity index (χ0v) is 5.67. The van der Waals surface area contributed by atoms with Crippen molar-refractivity contribution >= 4 is 10.8 Å². The van der Waals surface area contributed by atoms with E-state index >= 15 is 0 Å². The summed E-state index contributed by atoms with van der Waals surface area (Å²) in [6.07, 6.45) is 3.40. The van der Waals surface area contributed by atoms with Crippen LogP contribution in [0.2, 0.25) is 0 Å². The molecule has 0 amide bonds. The highest BCUT2D eigenvalue weighted by atomic mass is 32.2. The third-order valence-electron chi connectivity index (χ3n) is 1.04. The molecule has 0 fully saturated rings. The molecular formula is C6H8O2S. The monoisotopic (exact) mass is 144 g/mol. The standard InChI is InChI=1S/C6H8O2S/c7-6-2-1-4-9(8)5-3-6/h1,3-7H,2H2. The van der Waals surface area contributed by atoms with Gasteiger partial charge in [0.1, 0.15) is 0 Å². The molecule has 3 heteroatoms. The molecule has 1 N–H and O–H groups in total. The van der Waals surface area contributed by atoms with E-state index in [-0.39, 0.29) is 0 Å². The predicted octanol–water partition coefficient (Wildman–Crippen LogP) is 0.527. The van der Waals surface area contributed by atoms with Gasteiger partial charge in [0.2, 0.25) is 0 Å². The Morgan fingerprint density at radius 2 is 2.33 bits per heavy atom. The van der Waals surface area contributed by atoms with Gasteiger partial charge in [0.25, 0.3) is 0 Å². The van der Waals surface area contributed by atoms with Gasteiger partial charge in [-0.15, -0.1) is 0 Å². The van der Waals surface area contributed by atoms with Crippen LogP contribution in [0.25, 0.3) is 0 Å². The molecule has 1 aliphatic heterocycles. The van der Waals surface area contributed by atoms with E-state index in [1.165, 1.54) is 5.41 Å². The largest absolute Gasteiger partial charge is 0.389 e. The molecule has 1 heterocycles. The van der Waals surface area contributed by atoms with Crippen LogP contribution in [0.4, 0.5) is 0 Å². The van der Waals surface area contributed by atoms with Crippen molar-refractivity contribution in [3.63, 3.8) is 0 Å². The fourth-order valence-electron chi connectivity index (χ4n) is 0.582. The lowest BCUT2D eigenvalue weighted by Crippen LogP contribution is -1.97. The molecule has 2 unspecified atom stereocenters. The van der Waals surface area contributed by atoms with Crippen LogP contribution in [0, 0.1) is 0 Å². The molecule has 1 rings (SSSR count). The normalized spacial score (nSPS) is 34.3. The van der Waals surface area contributed by atoms with Crippen LogP contribution < -0.4 is 0 Å². The van der Waals surface area contributed by atoms with Gasteiger partial charge in [0.15, 0.2) is 0 Å². The lowest BCUT2D eigenvalue weighted by molar-refractivity contribution is 0.227. The second-order valence-electron chi connectivity index (χ2n) is 1.83. The molecule has 0 bridgehead atoms. The van der Waals surface area contributed by atoms with Crippen molar-refractivity contribution in [2.75, 3.05) is 0 Å². The van der Waals surface area contributed by atoms with E-state index < -0.39 is 16.9 Å². The highest BCUT2D eigenvalue weighted by molar-refractivity contribution is 7.90. The Morgan fingerprint density at radius 1 is 1.56 bits per heavy atom. The molecule has 50 valence electrons. The van der Waals surface area contributed by atoms with Crippen molar-refractivity contribution in [1.82, 2.24) is 0 Å². The van der Waals surface area contributed by atoms with Crippen molar-refractivity contribution in [3.05, 3.63) is 23.0 Å². The maximum Gasteiger partial charge on any atom is 0.0764 e. The first-order valence-electron chi connectivity index (χ1n) is 2.71. The summed E-state index contributed by atoms with van der Waals surface area (Å²) in [6.45, 7) is 0. The molecule has 2 atom stereocenters. The highest BCUT2D eigenvalue weighted by Crippen LogP contribution is 2.02. The first-order chi connectivity index (χ1) is 4.29. The molecule has 1 aliphatic rings. The van der Waals surface area contributed by atoms with Gasteiger partial charge in [-0.3, -0.25) is 4.21 Å². The molecule has 0 saturated carbocycles. The third kappa shape index (κ3) is 2.11. The van der Waals surface area contributed by atoms with Crippen molar-refractivity contribution in [1.29, 1.82) is 0 Å². The molecule has 0 radical (unpaired) electrons. The van der Waals surface area contributed by atoms with E-state index in [4.69, 9.17) is 5.11 Å². The minimum absolute atomic E-state index is 0.451. The van der Waals surface area contributed by atoms with Crippen molar-refractivity contribution in [2.24, 2.45) is 0 Å². The molecular weight excluding hydrogens is 136 g/mol. The van der Waals surface area contributed by atoms with Crippen molar-refractivity contribution in [3.8, 4) is 0 Å². The zero-order chi connectivity index (χ0) is 6.69. The summed E-state index contributed by atoms with van der Waals surface area (Å²) < 4.78 is 10.7. The summed E-state index contributed by atoms with van der Waals surface area (Å²) in [5.74, 6) is 0. The third-order valence-corrected chi connectivity index (χ3v) is 1.93. The Labute approximate surface area is 56.3 Å². The maximum atomic E-state index is 10.7. The van der Waals surface area contributed by atoms with Crippen LogP contribution in [0.15, 0.2) is 23.0 Å². The Kier molecular flexibility index (Phi) is 2.19. The second-order valence-corrected chi connectivity index (χ2v) is 3.03. The summed E-state index contributed by atoms with van der Waals surface area (Å²) in [5, 5.41) is 12.0. The van der Waals surface area contributed by atoms with Crippen LogP contribution in [-0.4, -0.2) is 15.4 Å². The van der Waals surface area contributed by atoms with Crippen molar-refractivity contribution in [2.45, 2.75) is 12.5 Å². The Hall–Kier alpha value is -0.410. The number of rotatable bonds is 0. The van der Waals surface area contributed by atoms with E-state index in [1.54, 1.807) is 17.6 Å². The van der Waals surface area contributed by atoms with Crippen molar-refractivity contribution < 1.29 is 9.32 Å². The number of hydrogen-bond donors (Lipinski definition) is 1. The minimum Gasteiger partial charge on any atom is -0.389 e. The van der Waals surface area contributed by atoms with Crippen LogP contribution >= 0.6 is 0 Å². The quantitative estimate of drug-likeness (QED) is 0.538. The fraction of sp³-hybridized carbons (Fsp3) is 0.333. The van der Waals surface area contributed by atoms with Crippen LogP contribution in [0.5, 0.6) is 0 Å². The summed E-state index contributed by atoms with van der Waals surface area (Å²) in [7, 11) is -0.999. The topological polar surface area (TPSA) is 37.3 Å². The number of hydrogen-bond acceptors (Lipinski definition) is 2.